The molecule has 1 aliphatic rings. The molecular weight excluding hydrogens is 488 g/mol. The first-order chi connectivity index (χ1) is 18.7. The van der Waals surface area contributed by atoms with Crippen LogP contribution in [0, 0.1) is 25.2 Å². The summed E-state index contributed by atoms with van der Waals surface area (Å²) >= 11 is 0. The van der Waals surface area contributed by atoms with Gasteiger partial charge in [0, 0.05) is 25.9 Å². The van der Waals surface area contributed by atoms with Gasteiger partial charge in [0.25, 0.3) is 0 Å². The van der Waals surface area contributed by atoms with E-state index in [4.69, 9.17) is 0 Å². The minimum Gasteiger partial charge on any atom is -0.481 e. The zero-order chi connectivity index (χ0) is 27.7. The Kier molecular flexibility index (Phi) is 7.56. The Labute approximate surface area is 230 Å². The third-order valence-corrected chi connectivity index (χ3v) is 8.84. The quantitative estimate of drug-likeness (QED) is 0.283. The van der Waals surface area contributed by atoms with Crippen molar-refractivity contribution in [2.75, 3.05) is 0 Å². The molecule has 0 spiro atoms. The van der Waals surface area contributed by atoms with Gasteiger partial charge in [-0.05, 0) is 80.3 Å². The number of benzene rings is 2. The molecule has 1 aliphatic carbocycles. The molecule has 0 bridgehead atoms. The molecule has 1 fully saturated rings. The van der Waals surface area contributed by atoms with Crippen LogP contribution in [0.3, 0.4) is 0 Å². The molecule has 1 atom stereocenters. The third-order valence-electron chi connectivity index (χ3n) is 8.84. The number of hydrogen-bond donors (Lipinski definition) is 1. The summed E-state index contributed by atoms with van der Waals surface area (Å²) in [7, 11) is 1.87. The molecule has 2 aromatic heterocycles. The van der Waals surface area contributed by atoms with Crippen molar-refractivity contribution in [1.82, 2.24) is 30.0 Å². The van der Waals surface area contributed by atoms with Crippen molar-refractivity contribution < 1.29 is 9.90 Å². The number of hydrogen-bond acceptors (Lipinski definition) is 5. The minimum atomic E-state index is -1.05. The van der Waals surface area contributed by atoms with E-state index >= 15 is 0 Å². The van der Waals surface area contributed by atoms with E-state index in [1.165, 1.54) is 49.7 Å². The molecule has 0 aliphatic heterocycles. The lowest BCUT2D eigenvalue weighted by Crippen LogP contribution is -2.32. The van der Waals surface area contributed by atoms with Crippen LogP contribution in [0.25, 0.3) is 11.0 Å². The van der Waals surface area contributed by atoms with Crippen molar-refractivity contribution in [2.45, 2.75) is 85.1 Å². The predicted octanol–water partition coefficient (Wildman–Crippen LogP) is 5.98. The summed E-state index contributed by atoms with van der Waals surface area (Å²) in [6, 6.07) is 10.4. The fourth-order valence-electron chi connectivity index (χ4n) is 6.29. The number of fused-ring (bicyclic) bond motifs is 1. The van der Waals surface area contributed by atoms with E-state index in [1.807, 2.05) is 46.1 Å². The molecule has 8 nitrogen and oxygen atoms in total. The van der Waals surface area contributed by atoms with Crippen molar-refractivity contribution in [2.24, 2.45) is 18.4 Å². The Hall–Kier alpha value is -3.55. The van der Waals surface area contributed by atoms with Gasteiger partial charge in [-0.25, -0.2) is 9.36 Å². The van der Waals surface area contributed by atoms with Gasteiger partial charge in [-0.15, -0.1) is 10.2 Å². The highest BCUT2D eigenvalue weighted by molar-refractivity contribution is 5.81. The van der Waals surface area contributed by atoms with Gasteiger partial charge in [0.1, 0.15) is 5.52 Å². The molecule has 0 radical (unpaired) electrons. The van der Waals surface area contributed by atoms with E-state index < -0.39 is 11.4 Å². The average Bonchev–Trinajstić information content (AvgIpc) is 3.40. The maximum atomic E-state index is 12.6. The molecule has 39 heavy (non-hydrogen) atoms. The lowest BCUT2D eigenvalue weighted by atomic mass is 9.69. The average molecular weight is 529 g/mol. The summed E-state index contributed by atoms with van der Waals surface area (Å²) in [5.41, 5.74) is 7.05. The van der Waals surface area contributed by atoms with Crippen LogP contribution in [-0.4, -0.2) is 41.1 Å². The number of rotatable bonds is 8. The molecule has 1 N–H and O–H groups in total. The standard InChI is InChI=1S/C31H40N6O2/c1-20-12-13-23(16-24(20)17-25-18-32-34-37(25)19-22-10-8-6-7-9-11-22)28(31(3,4)30(38)39)26-14-15-27-29(21(26)2)33-35-36(27)5/h12-16,18,22,28H,6-11,17,19H2,1-5H3,(H,38,39)/t28-/m1/s1. The fraction of sp³-hybridized carbons (Fsp3) is 0.516. The summed E-state index contributed by atoms with van der Waals surface area (Å²) < 4.78 is 3.84. The van der Waals surface area contributed by atoms with Crippen molar-refractivity contribution in [3.05, 3.63) is 70.0 Å². The zero-order valence-corrected chi connectivity index (χ0v) is 23.8. The Bertz CT molecular complexity index is 1480. The van der Waals surface area contributed by atoms with Gasteiger partial charge in [0.2, 0.25) is 0 Å². The first kappa shape index (κ1) is 27.0. The maximum absolute atomic E-state index is 12.6. The Morgan fingerprint density at radius 3 is 2.54 bits per heavy atom. The van der Waals surface area contributed by atoms with Crippen molar-refractivity contribution in [1.29, 1.82) is 0 Å². The Balaban J connectivity index is 1.52. The summed E-state index contributed by atoms with van der Waals surface area (Å²) in [5, 5.41) is 27.6. The first-order valence-electron chi connectivity index (χ1n) is 14.2. The van der Waals surface area contributed by atoms with Crippen molar-refractivity contribution >= 4 is 17.0 Å². The van der Waals surface area contributed by atoms with Crippen molar-refractivity contribution in [3.8, 4) is 0 Å². The predicted molar refractivity (Wildman–Crippen MR) is 152 cm³/mol. The van der Waals surface area contributed by atoms with Crippen molar-refractivity contribution in [3.63, 3.8) is 0 Å². The van der Waals surface area contributed by atoms with Gasteiger partial charge in [-0.2, -0.15) is 0 Å². The largest absolute Gasteiger partial charge is 0.481 e. The normalized spacial score (nSPS) is 15.9. The van der Waals surface area contributed by atoms with Crippen LogP contribution in [0.5, 0.6) is 0 Å². The topological polar surface area (TPSA) is 98.7 Å². The minimum absolute atomic E-state index is 0.366. The van der Waals surface area contributed by atoms with E-state index in [-0.39, 0.29) is 5.92 Å². The highest BCUT2D eigenvalue weighted by atomic mass is 16.4. The van der Waals surface area contributed by atoms with Gasteiger partial charge in [0.15, 0.2) is 0 Å². The second kappa shape index (κ2) is 10.9. The molecule has 0 unspecified atom stereocenters. The lowest BCUT2D eigenvalue weighted by Gasteiger charge is -2.33. The van der Waals surface area contributed by atoms with Crippen LogP contribution in [0.2, 0.25) is 0 Å². The van der Waals surface area contributed by atoms with Gasteiger partial charge in [-0.3, -0.25) is 4.79 Å². The van der Waals surface area contributed by atoms with E-state index in [2.05, 4.69) is 50.4 Å². The maximum Gasteiger partial charge on any atom is 0.310 e. The van der Waals surface area contributed by atoms with Gasteiger partial charge in [0.05, 0.1) is 22.8 Å². The monoisotopic (exact) mass is 528 g/mol. The molecule has 8 heteroatoms. The molecule has 206 valence electrons. The van der Waals surface area contributed by atoms with Crippen LogP contribution >= 0.6 is 0 Å². The molecular formula is C31H40N6O2. The number of carboxylic acid groups (broad SMARTS) is 1. The second-order valence-electron chi connectivity index (χ2n) is 11.9. The molecule has 0 amide bonds. The Morgan fingerprint density at radius 1 is 1.08 bits per heavy atom. The van der Waals surface area contributed by atoms with Crippen LogP contribution in [0.1, 0.15) is 91.8 Å². The number of carbonyl (C=O) groups is 1. The molecule has 2 heterocycles. The first-order valence-corrected chi connectivity index (χ1v) is 14.2. The highest BCUT2D eigenvalue weighted by Gasteiger charge is 2.40. The SMILES string of the molecule is Cc1ccc([C@H](c2ccc3c(nnn3C)c2C)C(C)(C)C(=O)O)cc1Cc1cnnn1CC1CCCCCC1. The summed E-state index contributed by atoms with van der Waals surface area (Å²) in [4.78, 5) is 12.6. The fourth-order valence-corrected chi connectivity index (χ4v) is 6.29. The highest BCUT2D eigenvalue weighted by Crippen LogP contribution is 2.44. The van der Waals surface area contributed by atoms with E-state index in [0.717, 1.165) is 40.0 Å². The number of aliphatic carboxylic acids is 1. The molecule has 2 aromatic carbocycles. The molecule has 4 aromatic rings. The summed E-state index contributed by atoms with van der Waals surface area (Å²) in [6.07, 6.45) is 10.4. The number of aromatic nitrogens is 6. The Morgan fingerprint density at radius 2 is 1.82 bits per heavy atom. The number of nitrogens with zero attached hydrogens (tertiary/aromatic N) is 6. The van der Waals surface area contributed by atoms with Crippen LogP contribution in [0.4, 0.5) is 0 Å². The molecule has 5 rings (SSSR count). The van der Waals surface area contributed by atoms with E-state index in [1.54, 1.807) is 4.68 Å². The molecule has 0 saturated heterocycles. The van der Waals surface area contributed by atoms with E-state index in [0.29, 0.717) is 12.3 Å². The summed E-state index contributed by atoms with van der Waals surface area (Å²) in [5.74, 6) is -0.547. The van der Waals surface area contributed by atoms with Crippen LogP contribution < -0.4 is 0 Å². The third kappa shape index (κ3) is 5.34. The smallest absolute Gasteiger partial charge is 0.310 e. The van der Waals surface area contributed by atoms with Gasteiger partial charge in [-0.1, -0.05) is 60.4 Å². The lowest BCUT2D eigenvalue weighted by molar-refractivity contribution is -0.147. The summed E-state index contributed by atoms with van der Waals surface area (Å²) in [6.45, 7) is 8.67. The van der Waals surface area contributed by atoms with Gasteiger partial charge >= 0.3 is 5.97 Å². The van der Waals surface area contributed by atoms with Crippen LogP contribution in [0.15, 0.2) is 36.5 Å². The second-order valence-corrected chi connectivity index (χ2v) is 11.9. The zero-order valence-electron chi connectivity index (χ0n) is 23.8. The van der Waals surface area contributed by atoms with E-state index in [9.17, 15) is 9.90 Å². The number of carboxylic acids is 1. The van der Waals surface area contributed by atoms with Gasteiger partial charge < -0.3 is 5.11 Å². The number of aryl methyl sites for hydroxylation is 3. The molecule has 1 saturated carbocycles. The van der Waals surface area contributed by atoms with Crippen LogP contribution in [-0.2, 0) is 24.8 Å².